The number of rotatable bonds is 5. The first-order chi connectivity index (χ1) is 7.72. The van der Waals surface area contributed by atoms with Crippen molar-refractivity contribution in [2.45, 2.75) is 26.2 Å². The summed E-state index contributed by atoms with van der Waals surface area (Å²) in [4.78, 5) is 22.0. The van der Waals surface area contributed by atoms with Crippen LogP contribution in [-0.2, 0) is 0 Å². The van der Waals surface area contributed by atoms with E-state index in [9.17, 15) is 9.59 Å². The molecule has 88 valence electrons. The predicted molar refractivity (Wildman–Crippen MR) is 61.4 cm³/mol. The zero-order valence-electron chi connectivity index (χ0n) is 9.25. The molecule has 6 heteroatoms. The average Bonchev–Trinajstić information content (AvgIpc) is 2.28. The van der Waals surface area contributed by atoms with Crippen LogP contribution < -0.4 is 16.2 Å². The number of nitrogens with zero attached hydrogens (tertiary/aromatic N) is 1. The molecule has 16 heavy (non-hydrogen) atoms. The molecule has 1 rings (SSSR count). The lowest BCUT2D eigenvalue weighted by atomic mass is 10.2. The van der Waals surface area contributed by atoms with Crippen molar-refractivity contribution >= 4 is 11.8 Å². The molecular formula is C10H16N4O2. The van der Waals surface area contributed by atoms with Crippen molar-refractivity contribution in [3.63, 3.8) is 0 Å². The summed E-state index contributed by atoms with van der Waals surface area (Å²) >= 11 is 0. The van der Waals surface area contributed by atoms with E-state index in [4.69, 9.17) is 0 Å². The van der Waals surface area contributed by atoms with Gasteiger partial charge in [0.05, 0.1) is 0 Å². The first-order valence-electron chi connectivity index (χ1n) is 5.33. The number of aromatic nitrogens is 2. The molecule has 0 unspecified atom stereocenters. The molecule has 0 aliphatic carbocycles. The highest BCUT2D eigenvalue weighted by atomic mass is 16.2. The predicted octanol–water partition coefficient (Wildman–Crippen LogP) is 1.08. The number of amides is 2. The second kappa shape index (κ2) is 6.60. The van der Waals surface area contributed by atoms with Crippen LogP contribution in [0.2, 0.25) is 0 Å². The standard InChI is InChI=1S/C10H16N4O2/c1-2-3-4-7-11-10(16)12-8-5-6-9(15)14-13-8/h5-6H,2-4,7H2,1H3,(H,14,15)(H2,11,12,13,16). The normalized spacial score (nSPS) is 9.81. The molecule has 0 saturated heterocycles. The molecule has 1 aromatic rings. The summed E-state index contributed by atoms with van der Waals surface area (Å²) in [6.45, 7) is 2.74. The minimum Gasteiger partial charge on any atom is -0.338 e. The van der Waals surface area contributed by atoms with Gasteiger partial charge < -0.3 is 5.32 Å². The molecule has 3 N–H and O–H groups in total. The molecule has 0 aromatic carbocycles. The highest BCUT2D eigenvalue weighted by molar-refractivity contribution is 5.87. The molecule has 0 aliphatic heterocycles. The molecule has 2 amide bonds. The zero-order valence-corrected chi connectivity index (χ0v) is 9.25. The van der Waals surface area contributed by atoms with Crippen LogP contribution in [0.25, 0.3) is 0 Å². The first kappa shape index (κ1) is 12.2. The molecule has 1 aromatic heterocycles. The van der Waals surface area contributed by atoms with Gasteiger partial charge in [0.1, 0.15) is 0 Å². The molecule has 0 radical (unpaired) electrons. The highest BCUT2D eigenvalue weighted by Gasteiger charge is 2.01. The fourth-order valence-electron chi connectivity index (χ4n) is 1.15. The molecule has 0 bridgehead atoms. The number of hydrogen-bond acceptors (Lipinski definition) is 3. The lowest BCUT2D eigenvalue weighted by Crippen LogP contribution is -2.30. The molecule has 0 saturated carbocycles. The largest absolute Gasteiger partial charge is 0.338 e. The maximum Gasteiger partial charge on any atom is 0.320 e. The number of H-pyrrole nitrogens is 1. The number of anilines is 1. The van der Waals surface area contributed by atoms with Crippen molar-refractivity contribution in [3.05, 3.63) is 22.5 Å². The smallest absolute Gasteiger partial charge is 0.320 e. The van der Waals surface area contributed by atoms with Gasteiger partial charge in [0.2, 0.25) is 0 Å². The minimum absolute atomic E-state index is 0.297. The van der Waals surface area contributed by atoms with Crippen LogP contribution in [0.4, 0.5) is 10.6 Å². The SMILES string of the molecule is CCCCCNC(=O)Nc1ccc(=O)[nH]n1. The van der Waals surface area contributed by atoms with Crippen LogP contribution >= 0.6 is 0 Å². The van der Waals surface area contributed by atoms with Gasteiger partial charge in [-0.25, -0.2) is 9.89 Å². The second-order valence-electron chi connectivity index (χ2n) is 3.39. The van der Waals surface area contributed by atoms with Crippen LogP contribution in [0.1, 0.15) is 26.2 Å². The average molecular weight is 224 g/mol. The summed E-state index contributed by atoms with van der Waals surface area (Å²) in [6, 6.07) is 2.44. The van der Waals surface area contributed by atoms with E-state index in [1.807, 2.05) is 0 Å². The monoisotopic (exact) mass is 224 g/mol. The summed E-state index contributed by atoms with van der Waals surface area (Å²) in [5, 5.41) is 11.1. The maximum absolute atomic E-state index is 11.3. The number of carbonyl (C=O) groups is 1. The third-order valence-corrected chi connectivity index (χ3v) is 1.99. The van der Waals surface area contributed by atoms with Crippen LogP contribution in [0.15, 0.2) is 16.9 Å². The van der Waals surface area contributed by atoms with E-state index < -0.39 is 0 Å². The highest BCUT2D eigenvalue weighted by Crippen LogP contribution is 1.95. The third-order valence-electron chi connectivity index (χ3n) is 1.99. The Kier molecular flexibility index (Phi) is 5.04. The Labute approximate surface area is 93.5 Å². The van der Waals surface area contributed by atoms with E-state index in [1.54, 1.807) is 0 Å². The molecule has 0 atom stereocenters. The quantitative estimate of drug-likeness (QED) is 0.654. The van der Waals surface area contributed by atoms with E-state index >= 15 is 0 Å². The van der Waals surface area contributed by atoms with Crippen molar-refractivity contribution in [2.75, 3.05) is 11.9 Å². The molecule has 0 fully saturated rings. The second-order valence-corrected chi connectivity index (χ2v) is 3.39. The Morgan fingerprint density at radius 3 is 2.88 bits per heavy atom. The lowest BCUT2D eigenvalue weighted by molar-refractivity contribution is 0.252. The van der Waals surface area contributed by atoms with E-state index in [0.717, 1.165) is 19.3 Å². The summed E-state index contributed by atoms with van der Waals surface area (Å²) in [7, 11) is 0. The van der Waals surface area contributed by atoms with E-state index in [0.29, 0.717) is 12.4 Å². The Hall–Kier alpha value is -1.85. The van der Waals surface area contributed by atoms with Gasteiger partial charge in [0, 0.05) is 12.6 Å². The lowest BCUT2D eigenvalue weighted by Gasteiger charge is -2.05. The topological polar surface area (TPSA) is 86.9 Å². The van der Waals surface area contributed by atoms with Crippen molar-refractivity contribution in [1.82, 2.24) is 15.5 Å². The van der Waals surface area contributed by atoms with Crippen molar-refractivity contribution < 1.29 is 4.79 Å². The Morgan fingerprint density at radius 2 is 2.25 bits per heavy atom. The summed E-state index contributed by atoms with van der Waals surface area (Å²) < 4.78 is 0. The number of carbonyl (C=O) groups excluding carboxylic acids is 1. The Morgan fingerprint density at radius 1 is 1.44 bits per heavy atom. The van der Waals surface area contributed by atoms with Crippen LogP contribution in [0.3, 0.4) is 0 Å². The number of nitrogens with one attached hydrogen (secondary N) is 3. The van der Waals surface area contributed by atoms with Crippen LogP contribution in [0.5, 0.6) is 0 Å². The first-order valence-corrected chi connectivity index (χ1v) is 5.33. The molecule has 1 heterocycles. The maximum atomic E-state index is 11.3. The van der Waals surface area contributed by atoms with Gasteiger partial charge in [-0.2, -0.15) is 5.10 Å². The van der Waals surface area contributed by atoms with Gasteiger partial charge in [-0.05, 0) is 12.5 Å². The van der Waals surface area contributed by atoms with Gasteiger partial charge in [0.15, 0.2) is 5.82 Å². The Balaban J connectivity index is 2.28. The van der Waals surface area contributed by atoms with Gasteiger partial charge in [0.25, 0.3) is 5.56 Å². The van der Waals surface area contributed by atoms with Gasteiger partial charge in [-0.3, -0.25) is 10.1 Å². The van der Waals surface area contributed by atoms with E-state index in [1.165, 1.54) is 12.1 Å². The summed E-state index contributed by atoms with van der Waals surface area (Å²) in [5.74, 6) is 0.326. The zero-order chi connectivity index (χ0) is 11.8. The van der Waals surface area contributed by atoms with Crippen LogP contribution in [-0.4, -0.2) is 22.8 Å². The fraction of sp³-hybridized carbons (Fsp3) is 0.500. The van der Waals surface area contributed by atoms with E-state index in [2.05, 4.69) is 27.8 Å². The minimum atomic E-state index is -0.310. The number of unbranched alkanes of at least 4 members (excludes halogenated alkanes) is 2. The van der Waals surface area contributed by atoms with Crippen LogP contribution in [0, 0.1) is 0 Å². The third kappa shape index (κ3) is 4.59. The van der Waals surface area contributed by atoms with Crippen molar-refractivity contribution in [3.8, 4) is 0 Å². The summed E-state index contributed by atoms with van der Waals surface area (Å²) in [5.41, 5.74) is -0.297. The molecule has 0 spiro atoms. The van der Waals surface area contributed by atoms with Crippen molar-refractivity contribution in [2.24, 2.45) is 0 Å². The fourth-order valence-corrected chi connectivity index (χ4v) is 1.15. The summed E-state index contributed by atoms with van der Waals surface area (Å²) in [6.07, 6.45) is 3.17. The molecular weight excluding hydrogens is 208 g/mol. The molecule has 6 nitrogen and oxygen atoms in total. The van der Waals surface area contributed by atoms with Gasteiger partial charge in [-0.15, -0.1) is 0 Å². The van der Waals surface area contributed by atoms with Gasteiger partial charge >= 0.3 is 6.03 Å². The number of urea groups is 1. The van der Waals surface area contributed by atoms with Crippen molar-refractivity contribution in [1.29, 1.82) is 0 Å². The van der Waals surface area contributed by atoms with E-state index in [-0.39, 0.29) is 11.6 Å². The number of hydrogen-bond donors (Lipinski definition) is 3. The number of aromatic amines is 1. The van der Waals surface area contributed by atoms with Gasteiger partial charge in [-0.1, -0.05) is 19.8 Å². The molecule has 0 aliphatic rings. The Bertz CT molecular complexity index is 368.